The Morgan fingerprint density at radius 1 is 1.26 bits per heavy atom. The van der Waals surface area contributed by atoms with Gasteiger partial charge in [0.05, 0.1) is 19.8 Å². The van der Waals surface area contributed by atoms with Gasteiger partial charge in [0.2, 0.25) is 0 Å². The molecule has 1 amide bonds. The molecule has 0 radical (unpaired) electrons. The summed E-state index contributed by atoms with van der Waals surface area (Å²) in [6, 6.07) is 14.6. The van der Waals surface area contributed by atoms with E-state index in [2.05, 4.69) is 4.98 Å². The molecule has 0 fully saturated rings. The lowest BCUT2D eigenvalue weighted by Gasteiger charge is -2.21. The Hall–Kier alpha value is -2.70. The van der Waals surface area contributed by atoms with Gasteiger partial charge in [-0.15, -0.1) is 11.3 Å². The number of thiazole rings is 1. The van der Waals surface area contributed by atoms with Gasteiger partial charge in [-0.3, -0.25) is 4.79 Å². The maximum absolute atomic E-state index is 12.8. The molecule has 0 saturated heterocycles. The molecule has 0 aliphatic rings. The third-order valence-corrected chi connectivity index (χ3v) is 5.28. The molecular weight excluding hydrogens is 360 g/mol. The topological polar surface area (TPSA) is 62.7 Å². The number of benzene rings is 2. The lowest BCUT2D eigenvalue weighted by Crippen LogP contribution is -2.31. The van der Waals surface area contributed by atoms with Gasteiger partial charge in [0.15, 0.2) is 0 Å². The lowest BCUT2D eigenvalue weighted by molar-refractivity contribution is 0.0681. The number of rotatable bonds is 6. The van der Waals surface area contributed by atoms with Crippen molar-refractivity contribution >= 4 is 17.2 Å². The van der Waals surface area contributed by atoms with Gasteiger partial charge >= 0.3 is 0 Å². The van der Waals surface area contributed by atoms with Crippen LogP contribution < -0.4 is 4.74 Å². The Labute approximate surface area is 162 Å². The average Bonchev–Trinajstić information content (AvgIpc) is 3.14. The zero-order valence-corrected chi connectivity index (χ0v) is 16.4. The second-order valence-corrected chi connectivity index (χ2v) is 7.21. The normalized spacial score (nSPS) is 11.9. The number of carbonyl (C=O) groups is 1. The Balaban J connectivity index is 1.71. The Bertz CT molecular complexity index is 921. The SMILES string of the molecule is COc1ccc(C(O)CN(C)C(=O)c2cccc(-c3nc(C)cs3)c2)cc1. The van der Waals surface area contributed by atoms with E-state index < -0.39 is 6.10 Å². The van der Waals surface area contributed by atoms with Crippen molar-refractivity contribution in [1.29, 1.82) is 0 Å². The molecule has 5 nitrogen and oxygen atoms in total. The number of methoxy groups -OCH3 is 1. The van der Waals surface area contributed by atoms with Crippen LogP contribution in [-0.2, 0) is 0 Å². The minimum atomic E-state index is -0.769. The minimum Gasteiger partial charge on any atom is -0.497 e. The van der Waals surface area contributed by atoms with Crippen LogP contribution in [0.25, 0.3) is 10.6 Å². The first-order valence-corrected chi connectivity index (χ1v) is 9.46. The van der Waals surface area contributed by atoms with Gasteiger partial charge in [0.25, 0.3) is 5.91 Å². The third-order valence-electron chi connectivity index (χ3n) is 4.27. The van der Waals surface area contributed by atoms with Crippen molar-refractivity contribution in [3.05, 3.63) is 70.7 Å². The standard InChI is InChI=1S/C21H22N2O3S/c1-14-13-27-20(22-14)16-5-4-6-17(11-16)21(25)23(2)12-19(24)15-7-9-18(26-3)10-8-15/h4-11,13,19,24H,12H2,1-3H3. The van der Waals surface area contributed by atoms with Crippen LogP contribution in [0.2, 0.25) is 0 Å². The molecule has 1 heterocycles. The minimum absolute atomic E-state index is 0.141. The molecule has 1 N–H and O–H groups in total. The molecule has 1 aromatic heterocycles. The zero-order chi connectivity index (χ0) is 19.4. The number of aliphatic hydroxyl groups excluding tert-OH is 1. The molecule has 140 valence electrons. The van der Waals surface area contributed by atoms with Crippen LogP contribution in [0.1, 0.15) is 27.7 Å². The highest BCUT2D eigenvalue weighted by molar-refractivity contribution is 7.13. The maximum Gasteiger partial charge on any atom is 0.253 e. The molecule has 3 rings (SSSR count). The van der Waals surface area contributed by atoms with Gasteiger partial charge in [-0.2, -0.15) is 0 Å². The first-order chi connectivity index (χ1) is 13.0. The second kappa shape index (κ2) is 8.33. The highest BCUT2D eigenvalue weighted by atomic mass is 32.1. The van der Waals surface area contributed by atoms with Crippen molar-refractivity contribution in [3.63, 3.8) is 0 Å². The van der Waals surface area contributed by atoms with E-state index in [1.807, 2.05) is 30.5 Å². The number of ether oxygens (including phenoxy) is 1. The molecular formula is C21H22N2O3S. The Kier molecular flexibility index (Phi) is 5.88. The lowest BCUT2D eigenvalue weighted by atomic mass is 10.1. The molecule has 0 spiro atoms. The highest BCUT2D eigenvalue weighted by Crippen LogP contribution is 2.25. The van der Waals surface area contributed by atoms with E-state index in [0.717, 1.165) is 27.6 Å². The van der Waals surface area contributed by atoms with Crippen LogP contribution in [0.4, 0.5) is 0 Å². The molecule has 27 heavy (non-hydrogen) atoms. The Morgan fingerprint density at radius 2 is 2.00 bits per heavy atom. The number of aliphatic hydroxyl groups is 1. The summed E-state index contributed by atoms with van der Waals surface area (Å²) in [5.74, 6) is 0.585. The van der Waals surface area contributed by atoms with Gasteiger partial charge in [0, 0.05) is 29.2 Å². The number of amides is 1. The van der Waals surface area contributed by atoms with Gasteiger partial charge < -0.3 is 14.7 Å². The van der Waals surface area contributed by atoms with Gasteiger partial charge in [-0.25, -0.2) is 4.98 Å². The van der Waals surface area contributed by atoms with E-state index >= 15 is 0 Å². The second-order valence-electron chi connectivity index (χ2n) is 6.35. The highest BCUT2D eigenvalue weighted by Gasteiger charge is 2.17. The van der Waals surface area contributed by atoms with Crippen LogP contribution >= 0.6 is 11.3 Å². The van der Waals surface area contributed by atoms with E-state index in [-0.39, 0.29) is 12.5 Å². The van der Waals surface area contributed by atoms with Crippen LogP contribution in [0.3, 0.4) is 0 Å². The number of hydrogen-bond acceptors (Lipinski definition) is 5. The summed E-state index contributed by atoms with van der Waals surface area (Å²) in [5, 5.41) is 13.3. The van der Waals surface area contributed by atoms with Crippen molar-refractivity contribution in [2.24, 2.45) is 0 Å². The first kappa shape index (κ1) is 19.1. The summed E-state index contributed by atoms with van der Waals surface area (Å²) in [5.41, 5.74) is 3.20. The number of likely N-dealkylation sites (N-methyl/N-ethyl adjacent to an activating group) is 1. The van der Waals surface area contributed by atoms with Crippen molar-refractivity contribution in [3.8, 4) is 16.3 Å². The fourth-order valence-electron chi connectivity index (χ4n) is 2.77. The summed E-state index contributed by atoms with van der Waals surface area (Å²) in [7, 11) is 3.29. The van der Waals surface area contributed by atoms with Crippen LogP contribution in [0, 0.1) is 6.92 Å². The number of hydrogen-bond donors (Lipinski definition) is 1. The average molecular weight is 382 g/mol. The molecule has 1 atom stereocenters. The molecule has 0 saturated carbocycles. The largest absolute Gasteiger partial charge is 0.497 e. The molecule has 0 bridgehead atoms. The van der Waals surface area contributed by atoms with E-state index in [0.29, 0.717) is 5.56 Å². The van der Waals surface area contributed by atoms with Gasteiger partial charge in [-0.1, -0.05) is 24.3 Å². The molecule has 6 heteroatoms. The fourth-order valence-corrected chi connectivity index (χ4v) is 3.56. The van der Waals surface area contributed by atoms with Crippen LogP contribution in [0.15, 0.2) is 53.9 Å². The van der Waals surface area contributed by atoms with E-state index in [4.69, 9.17) is 4.74 Å². The van der Waals surface area contributed by atoms with Crippen molar-refractivity contribution < 1.29 is 14.6 Å². The summed E-state index contributed by atoms with van der Waals surface area (Å²) in [6.45, 7) is 2.15. The number of aryl methyl sites for hydroxylation is 1. The zero-order valence-electron chi connectivity index (χ0n) is 15.5. The smallest absolute Gasteiger partial charge is 0.253 e. The van der Waals surface area contributed by atoms with Crippen molar-refractivity contribution in [1.82, 2.24) is 9.88 Å². The molecule has 0 aliphatic carbocycles. The predicted octanol–water partition coefficient (Wildman–Crippen LogP) is 3.93. The molecule has 1 unspecified atom stereocenters. The van der Waals surface area contributed by atoms with E-state index in [9.17, 15) is 9.90 Å². The molecule has 0 aliphatic heterocycles. The predicted molar refractivity (Wildman–Crippen MR) is 107 cm³/mol. The maximum atomic E-state index is 12.8. The van der Waals surface area contributed by atoms with Crippen LogP contribution in [-0.4, -0.2) is 41.6 Å². The number of aromatic nitrogens is 1. The van der Waals surface area contributed by atoms with Crippen molar-refractivity contribution in [2.75, 3.05) is 20.7 Å². The summed E-state index contributed by atoms with van der Waals surface area (Å²) in [4.78, 5) is 18.8. The third kappa shape index (κ3) is 4.53. The summed E-state index contributed by atoms with van der Waals surface area (Å²) in [6.07, 6.45) is -0.769. The quantitative estimate of drug-likeness (QED) is 0.702. The van der Waals surface area contributed by atoms with Crippen molar-refractivity contribution in [2.45, 2.75) is 13.0 Å². The van der Waals surface area contributed by atoms with E-state index in [1.54, 1.807) is 55.8 Å². The Morgan fingerprint density at radius 3 is 2.63 bits per heavy atom. The fraction of sp³-hybridized carbons (Fsp3) is 0.238. The monoisotopic (exact) mass is 382 g/mol. The summed E-state index contributed by atoms with van der Waals surface area (Å²) >= 11 is 1.56. The summed E-state index contributed by atoms with van der Waals surface area (Å²) < 4.78 is 5.12. The van der Waals surface area contributed by atoms with Gasteiger partial charge in [0.1, 0.15) is 10.8 Å². The molecule has 3 aromatic rings. The molecule has 2 aromatic carbocycles. The van der Waals surface area contributed by atoms with Gasteiger partial charge in [-0.05, 0) is 36.8 Å². The van der Waals surface area contributed by atoms with Crippen LogP contribution in [0.5, 0.6) is 5.75 Å². The number of nitrogens with zero attached hydrogens (tertiary/aromatic N) is 2. The first-order valence-electron chi connectivity index (χ1n) is 8.58. The number of carbonyl (C=O) groups excluding carboxylic acids is 1. The van der Waals surface area contributed by atoms with E-state index in [1.165, 1.54) is 4.90 Å².